The zero-order chi connectivity index (χ0) is 18.3. The SMILES string of the molecule is CC(C)(C(=O)O)C1c2ccccc2Oc2nc(N3CCCCC3)ccc21. The van der Waals surface area contributed by atoms with Gasteiger partial charge in [0.05, 0.1) is 5.41 Å². The highest BCUT2D eigenvalue weighted by atomic mass is 16.5. The number of anilines is 1. The van der Waals surface area contributed by atoms with Crippen LogP contribution in [-0.2, 0) is 4.79 Å². The van der Waals surface area contributed by atoms with Gasteiger partial charge in [-0.25, -0.2) is 0 Å². The van der Waals surface area contributed by atoms with Crippen molar-refractivity contribution in [3.8, 4) is 11.6 Å². The van der Waals surface area contributed by atoms with Crippen molar-refractivity contribution in [1.29, 1.82) is 0 Å². The summed E-state index contributed by atoms with van der Waals surface area (Å²) >= 11 is 0. The van der Waals surface area contributed by atoms with Gasteiger partial charge in [-0.2, -0.15) is 4.98 Å². The lowest BCUT2D eigenvalue weighted by Gasteiger charge is -2.36. The van der Waals surface area contributed by atoms with Crippen molar-refractivity contribution in [2.75, 3.05) is 18.0 Å². The number of rotatable bonds is 3. The Balaban J connectivity index is 1.81. The second-order valence-electron chi connectivity index (χ2n) is 7.71. The first kappa shape index (κ1) is 16.9. The van der Waals surface area contributed by atoms with Gasteiger partial charge in [-0.1, -0.05) is 18.2 Å². The molecule has 26 heavy (non-hydrogen) atoms. The van der Waals surface area contributed by atoms with Crippen LogP contribution in [0.4, 0.5) is 5.82 Å². The first-order chi connectivity index (χ1) is 12.5. The minimum atomic E-state index is -0.969. The first-order valence-electron chi connectivity index (χ1n) is 9.24. The second-order valence-corrected chi connectivity index (χ2v) is 7.71. The number of pyridine rings is 1. The van der Waals surface area contributed by atoms with E-state index in [2.05, 4.69) is 4.90 Å². The molecule has 1 unspecified atom stereocenters. The number of nitrogens with zero attached hydrogens (tertiary/aromatic N) is 2. The lowest BCUT2D eigenvalue weighted by atomic mass is 9.70. The van der Waals surface area contributed by atoms with Crippen molar-refractivity contribution >= 4 is 11.8 Å². The maximum absolute atomic E-state index is 12.0. The molecular weight excluding hydrogens is 328 g/mol. The average Bonchev–Trinajstić information content (AvgIpc) is 2.66. The summed E-state index contributed by atoms with van der Waals surface area (Å²) in [7, 11) is 0. The van der Waals surface area contributed by atoms with E-state index in [1.54, 1.807) is 13.8 Å². The molecule has 4 rings (SSSR count). The van der Waals surface area contributed by atoms with Gasteiger partial charge >= 0.3 is 5.97 Å². The van der Waals surface area contributed by atoms with Gasteiger partial charge in [0.15, 0.2) is 0 Å². The normalized spacial score (nSPS) is 19.3. The molecule has 0 bridgehead atoms. The van der Waals surface area contributed by atoms with Gasteiger partial charge in [-0.05, 0) is 51.3 Å². The summed E-state index contributed by atoms with van der Waals surface area (Å²) in [6.07, 6.45) is 3.62. The van der Waals surface area contributed by atoms with Crippen LogP contribution in [-0.4, -0.2) is 29.1 Å². The Morgan fingerprint density at radius 2 is 1.85 bits per heavy atom. The standard InChI is InChI=1S/C21H24N2O3/c1-21(2,20(24)25)18-14-8-4-5-9-16(14)26-19-15(18)10-11-17(22-19)23-12-6-3-7-13-23/h4-5,8-11,18H,3,6-7,12-13H2,1-2H3,(H,24,25). The summed E-state index contributed by atoms with van der Waals surface area (Å²) in [5, 5.41) is 9.83. The molecule has 0 saturated carbocycles. The highest BCUT2D eigenvalue weighted by Gasteiger charge is 2.44. The number of para-hydroxylation sites is 1. The van der Waals surface area contributed by atoms with Crippen LogP contribution in [0.5, 0.6) is 11.6 Å². The van der Waals surface area contributed by atoms with E-state index in [0.717, 1.165) is 30.0 Å². The molecule has 2 aliphatic rings. The van der Waals surface area contributed by atoms with E-state index in [1.165, 1.54) is 19.3 Å². The van der Waals surface area contributed by atoms with Crippen LogP contribution in [0.15, 0.2) is 36.4 Å². The van der Waals surface area contributed by atoms with Crippen molar-refractivity contribution in [2.24, 2.45) is 5.41 Å². The Morgan fingerprint density at radius 3 is 2.58 bits per heavy atom. The quantitative estimate of drug-likeness (QED) is 0.886. The van der Waals surface area contributed by atoms with E-state index < -0.39 is 11.4 Å². The van der Waals surface area contributed by atoms with E-state index >= 15 is 0 Å². The summed E-state index contributed by atoms with van der Waals surface area (Å²) in [4.78, 5) is 19.0. The number of carboxylic acids is 1. The molecule has 1 saturated heterocycles. The van der Waals surface area contributed by atoms with Gasteiger partial charge in [-0.3, -0.25) is 4.79 Å². The van der Waals surface area contributed by atoms with Gasteiger partial charge in [0.1, 0.15) is 11.6 Å². The highest BCUT2D eigenvalue weighted by Crippen LogP contribution is 2.51. The van der Waals surface area contributed by atoms with Gasteiger partial charge in [0, 0.05) is 30.1 Å². The molecule has 1 fully saturated rings. The molecule has 2 aliphatic heterocycles. The molecule has 0 aliphatic carbocycles. The Hall–Kier alpha value is -2.56. The molecule has 3 heterocycles. The van der Waals surface area contributed by atoms with Crippen LogP contribution in [0.2, 0.25) is 0 Å². The minimum absolute atomic E-state index is 0.303. The van der Waals surface area contributed by atoms with Crippen molar-refractivity contribution in [2.45, 2.75) is 39.0 Å². The number of benzene rings is 1. The van der Waals surface area contributed by atoms with E-state index in [1.807, 2.05) is 36.4 Å². The second kappa shape index (κ2) is 6.31. The number of piperidine rings is 1. The first-order valence-corrected chi connectivity index (χ1v) is 9.24. The van der Waals surface area contributed by atoms with Crippen LogP contribution < -0.4 is 9.64 Å². The van der Waals surface area contributed by atoms with Crippen LogP contribution in [0.3, 0.4) is 0 Å². The molecule has 5 nitrogen and oxygen atoms in total. The predicted octanol–water partition coefficient (Wildman–Crippen LogP) is 4.42. The third kappa shape index (κ3) is 2.71. The van der Waals surface area contributed by atoms with Crippen molar-refractivity contribution in [3.05, 3.63) is 47.5 Å². The Kier molecular flexibility index (Phi) is 4.10. The van der Waals surface area contributed by atoms with Crippen LogP contribution >= 0.6 is 0 Å². The summed E-state index contributed by atoms with van der Waals surface area (Å²) in [6.45, 7) is 5.55. The third-order valence-electron chi connectivity index (χ3n) is 5.58. The van der Waals surface area contributed by atoms with Crippen molar-refractivity contribution < 1.29 is 14.6 Å². The molecule has 136 valence electrons. The van der Waals surface area contributed by atoms with E-state index in [4.69, 9.17) is 9.72 Å². The lowest BCUT2D eigenvalue weighted by molar-refractivity contribution is -0.147. The fourth-order valence-electron chi connectivity index (χ4n) is 4.03. The van der Waals surface area contributed by atoms with Crippen LogP contribution in [0.1, 0.15) is 50.2 Å². The molecule has 2 aromatic rings. The lowest BCUT2D eigenvalue weighted by Crippen LogP contribution is -2.34. The zero-order valence-corrected chi connectivity index (χ0v) is 15.2. The Bertz CT molecular complexity index is 841. The number of fused-ring (bicyclic) bond motifs is 2. The number of hydrogen-bond acceptors (Lipinski definition) is 4. The van der Waals surface area contributed by atoms with E-state index in [0.29, 0.717) is 11.6 Å². The van der Waals surface area contributed by atoms with E-state index in [9.17, 15) is 9.90 Å². The Labute approximate surface area is 153 Å². The molecule has 1 atom stereocenters. The van der Waals surface area contributed by atoms with Crippen LogP contribution in [0, 0.1) is 5.41 Å². The summed E-state index contributed by atoms with van der Waals surface area (Å²) in [5.74, 6) is 1.01. The van der Waals surface area contributed by atoms with Crippen LogP contribution in [0.25, 0.3) is 0 Å². The molecule has 5 heteroatoms. The summed E-state index contributed by atoms with van der Waals surface area (Å²) in [5.41, 5.74) is 0.778. The number of aromatic nitrogens is 1. The number of carbonyl (C=O) groups is 1. The molecule has 1 aromatic heterocycles. The van der Waals surface area contributed by atoms with Gasteiger partial charge in [0.25, 0.3) is 0 Å². The van der Waals surface area contributed by atoms with E-state index in [-0.39, 0.29) is 5.92 Å². The average molecular weight is 352 g/mol. The monoisotopic (exact) mass is 352 g/mol. The molecule has 1 N–H and O–H groups in total. The topological polar surface area (TPSA) is 62.7 Å². The maximum atomic E-state index is 12.0. The van der Waals surface area contributed by atoms with Gasteiger partial charge in [0.2, 0.25) is 5.88 Å². The zero-order valence-electron chi connectivity index (χ0n) is 15.2. The molecule has 0 spiro atoms. The fraction of sp³-hybridized carbons (Fsp3) is 0.429. The number of aliphatic carboxylic acids is 1. The number of carboxylic acid groups (broad SMARTS) is 1. The number of hydrogen-bond donors (Lipinski definition) is 1. The molecule has 0 radical (unpaired) electrons. The predicted molar refractivity (Wildman–Crippen MR) is 100 cm³/mol. The molecular formula is C21H24N2O3. The minimum Gasteiger partial charge on any atom is -0.481 e. The maximum Gasteiger partial charge on any atom is 0.310 e. The van der Waals surface area contributed by atoms with Gasteiger partial charge < -0.3 is 14.7 Å². The fourth-order valence-corrected chi connectivity index (χ4v) is 4.03. The third-order valence-corrected chi connectivity index (χ3v) is 5.58. The molecule has 0 amide bonds. The van der Waals surface area contributed by atoms with Gasteiger partial charge in [-0.15, -0.1) is 0 Å². The van der Waals surface area contributed by atoms with Crippen molar-refractivity contribution in [3.63, 3.8) is 0 Å². The molecule has 1 aromatic carbocycles. The smallest absolute Gasteiger partial charge is 0.310 e. The highest BCUT2D eigenvalue weighted by molar-refractivity contribution is 5.77. The largest absolute Gasteiger partial charge is 0.481 e. The Morgan fingerprint density at radius 1 is 1.12 bits per heavy atom. The summed E-state index contributed by atoms with van der Waals surface area (Å²) < 4.78 is 6.08. The summed E-state index contributed by atoms with van der Waals surface area (Å²) in [6, 6.07) is 11.7. The number of ether oxygens (including phenoxy) is 1. The van der Waals surface area contributed by atoms with Crippen molar-refractivity contribution in [1.82, 2.24) is 4.98 Å².